The van der Waals surface area contributed by atoms with Crippen LogP contribution in [0.25, 0.3) is 0 Å². The van der Waals surface area contributed by atoms with E-state index >= 15 is 0 Å². The van der Waals surface area contributed by atoms with Crippen molar-refractivity contribution < 1.29 is 14.2 Å². The summed E-state index contributed by atoms with van der Waals surface area (Å²) in [6.45, 7) is 10.2. The van der Waals surface area contributed by atoms with Crippen molar-refractivity contribution in [3.63, 3.8) is 0 Å². The third kappa shape index (κ3) is 15.2. The van der Waals surface area contributed by atoms with Gasteiger partial charge in [-0.25, -0.2) is 0 Å². The van der Waals surface area contributed by atoms with E-state index in [4.69, 9.17) is 14.2 Å². The van der Waals surface area contributed by atoms with Gasteiger partial charge >= 0.3 is 0 Å². The lowest BCUT2D eigenvalue weighted by molar-refractivity contribution is -0.132. The second-order valence-corrected chi connectivity index (χ2v) is 4.99. The lowest BCUT2D eigenvalue weighted by atomic mass is 10.1. The van der Waals surface area contributed by atoms with Gasteiger partial charge in [0.2, 0.25) is 0 Å². The standard InChI is InChI=1S/C18H30O3/c1-5-7-9-17(3)11-13-19-15-21-16-20-14-12-18(4)10-8-6-2/h17-18H,5-6,11-16H2,1-4H3. The summed E-state index contributed by atoms with van der Waals surface area (Å²) >= 11 is 0. The van der Waals surface area contributed by atoms with Crippen molar-refractivity contribution in [2.75, 3.05) is 26.8 Å². The molecule has 0 aliphatic rings. The molecule has 0 fully saturated rings. The van der Waals surface area contributed by atoms with E-state index < -0.39 is 0 Å². The molecule has 0 rings (SSSR count). The van der Waals surface area contributed by atoms with Crippen LogP contribution in [0, 0.1) is 35.5 Å². The summed E-state index contributed by atoms with van der Waals surface area (Å²) in [6, 6.07) is 0. The van der Waals surface area contributed by atoms with E-state index in [2.05, 4.69) is 51.4 Å². The molecule has 0 aromatic heterocycles. The molecule has 0 heterocycles. The van der Waals surface area contributed by atoms with Crippen molar-refractivity contribution in [3.05, 3.63) is 0 Å². The lowest BCUT2D eigenvalue weighted by Gasteiger charge is -2.08. The smallest absolute Gasteiger partial charge is 0.149 e. The molecule has 0 N–H and O–H groups in total. The van der Waals surface area contributed by atoms with Crippen molar-refractivity contribution >= 4 is 0 Å². The van der Waals surface area contributed by atoms with Crippen LogP contribution < -0.4 is 0 Å². The highest BCUT2D eigenvalue weighted by molar-refractivity contribution is 5.01. The summed E-state index contributed by atoms with van der Waals surface area (Å²) in [5.74, 6) is 13.3. The Morgan fingerprint density at radius 1 is 0.714 bits per heavy atom. The Labute approximate surface area is 130 Å². The molecule has 3 heteroatoms. The van der Waals surface area contributed by atoms with Gasteiger partial charge in [-0.1, -0.05) is 27.7 Å². The average Bonchev–Trinajstić information content (AvgIpc) is 2.49. The summed E-state index contributed by atoms with van der Waals surface area (Å²) in [5, 5.41) is 0. The molecule has 2 atom stereocenters. The van der Waals surface area contributed by atoms with Crippen molar-refractivity contribution in [3.8, 4) is 23.7 Å². The first kappa shape index (κ1) is 20.0. The van der Waals surface area contributed by atoms with Gasteiger partial charge in [-0.3, -0.25) is 0 Å². The van der Waals surface area contributed by atoms with Crippen LogP contribution in [0.5, 0.6) is 0 Å². The summed E-state index contributed by atoms with van der Waals surface area (Å²) < 4.78 is 16.0. The minimum atomic E-state index is 0.277. The molecule has 0 radical (unpaired) electrons. The Balaban J connectivity index is 3.29. The molecule has 0 aromatic rings. The molecule has 0 bridgehead atoms. The molecule has 0 spiro atoms. The summed E-state index contributed by atoms with van der Waals surface area (Å²) in [5.41, 5.74) is 0. The Bertz CT molecular complexity index is 309. The monoisotopic (exact) mass is 294 g/mol. The quantitative estimate of drug-likeness (QED) is 0.348. The van der Waals surface area contributed by atoms with E-state index in [0.29, 0.717) is 25.0 Å². The zero-order valence-corrected chi connectivity index (χ0v) is 14.0. The molecular formula is C18H30O3. The molecule has 0 aliphatic carbocycles. The first-order valence-electron chi connectivity index (χ1n) is 7.90. The maximum atomic E-state index is 5.37. The van der Waals surface area contributed by atoms with E-state index in [1.165, 1.54) is 0 Å². The van der Waals surface area contributed by atoms with E-state index in [-0.39, 0.29) is 13.6 Å². The van der Waals surface area contributed by atoms with E-state index in [0.717, 1.165) is 25.7 Å². The average molecular weight is 294 g/mol. The van der Waals surface area contributed by atoms with Crippen LogP contribution in [0.2, 0.25) is 0 Å². The molecule has 21 heavy (non-hydrogen) atoms. The first-order chi connectivity index (χ1) is 10.2. The highest BCUT2D eigenvalue weighted by Crippen LogP contribution is 2.01. The fourth-order valence-corrected chi connectivity index (χ4v) is 1.49. The number of ether oxygens (including phenoxy) is 3. The maximum absolute atomic E-state index is 5.37. The Hall–Kier alpha value is -1.00. The van der Waals surface area contributed by atoms with Crippen LogP contribution in [0.15, 0.2) is 0 Å². The highest BCUT2D eigenvalue weighted by atomic mass is 16.7. The van der Waals surface area contributed by atoms with Gasteiger partial charge in [-0.2, -0.15) is 0 Å². The molecule has 0 aliphatic heterocycles. The van der Waals surface area contributed by atoms with Gasteiger partial charge < -0.3 is 14.2 Å². The van der Waals surface area contributed by atoms with Crippen LogP contribution in [0.4, 0.5) is 0 Å². The van der Waals surface area contributed by atoms with Crippen LogP contribution in [0.3, 0.4) is 0 Å². The number of hydrogen-bond donors (Lipinski definition) is 0. The fourth-order valence-electron chi connectivity index (χ4n) is 1.49. The topological polar surface area (TPSA) is 27.7 Å². The molecule has 120 valence electrons. The minimum absolute atomic E-state index is 0.277. The Kier molecular flexibility index (Phi) is 14.7. The van der Waals surface area contributed by atoms with Crippen molar-refractivity contribution in [1.82, 2.24) is 0 Å². The molecule has 0 aromatic carbocycles. The van der Waals surface area contributed by atoms with Crippen molar-refractivity contribution in [2.24, 2.45) is 11.8 Å². The van der Waals surface area contributed by atoms with E-state index in [9.17, 15) is 0 Å². The first-order valence-corrected chi connectivity index (χ1v) is 7.90. The van der Waals surface area contributed by atoms with Crippen LogP contribution in [-0.4, -0.2) is 26.8 Å². The predicted octanol–water partition coefficient (Wildman–Crippen LogP) is 3.83. The second-order valence-electron chi connectivity index (χ2n) is 4.99. The number of rotatable bonds is 10. The largest absolute Gasteiger partial charge is 0.355 e. The SMILES string of the molecule is CCC#CC(C)CCOCOCOCCC(C)C#CCC. The van der Waals surface area contributed by atoms with Crippen LogP contribution in [0.1, 0.15) is 53.4 Å². The predicted molar refractivity (Wildman–Crippen MR) is 86.4 cm³/mol. The molecule has 0 saturated heterocycles. The second kappa shape index (κ2) is 15.4. The van der Waals surface area contributed by atoms with Gasteiger partial charge in [-0.15, -0.1) is 23.7 Å². The summed E-state index contributed by atoms with van der Waals surface area (Å²) in [4.78, 5) is 0. The van der Waals surface area contributed by atoms with E-state index in [1.807, 2.05) is 0 Å². The van der Waals surface area contributed by atoms with E-state index in [1.54, 1.807) is 0 Å². The fraction of sp³-hybridized carbons (Fsp3) is 0.778. The summed E-state index contributed by atoms with van der Waals surface area (Å²) in [7, 11) is 0. The normalized spacial score (nSPS) is 12.8. The molecular weight excluding hydrogens is 264 g/mol. The Morgan fingerprint density at radius 2 is 1.14 bits per heavy atom. The third-order valence-corrected chi connectivity index (χ3v) is 2.77. The van der Waals surface area contributed by atoms with Gasteiger partial charge in [0.25, 0.3) is 0 Å². The maximum Gasteiger partial charge on any atom is 0.149 e. The third-order valence-electron chi connectivity index (χ3n) is 2.77. The zero-order valence-electron chi connectivity index (χ0n) is 14.0. The molecule has 0 amide bonds. The van der Waals surface area contributed by atoms with Crippen LogP contribution in [-0.2, 0) is 14.2 Å². The summed E-state index contributed by atoms with van der Waals surface area (Å²) in [6.07, 6.45) is 3.69. The lowest BCUT2D eigenvalue weighted by Crippen LogP contribution is -2.08. The minimum Gasteiger partial charge on any atom is -0.355 e. The van der Waals surface area contributed by atoms with Gasteiger partial charge in [0.15, 0.2) is 0 Å². The molecule has 3 nitrogen and oxygen atoms in total. The van der Waals surface area contributed by atoms with Gasteiger partial charge in [-0.05, 0) is 12.8 Å². The van der Waals surface area contributed by atoms with Crippen LogP contribution >= 0.6 is 0 Å². The molecule has 0 saturated carbocycles. The van der Waals surface area contributed by atoms with Gasteiger partial charge in [0.05, 0.1) is 13.2 Å². The highest BCUT2D eigenvalue weighted by Gasteiger charge is 1.98. The molecule has 2 unspecified atom stereocenters. The van der Waals surface area contributed by atoms with Gasteiger partial charge in [0.1, 0.15) is 13.6 Å². The van der Waals surface area contributed by atoms with Gasteiger partial charge in [0, 0.05) is 24.7 Å². The zero-order chi connectivity index (χ0) is 15.8. The van der Waals surface area contributed by atoms with Crippen molar-refractivity contribution in [2.45, 2.75) is 53.4 Å². The Morgan fingerprint density at radius 3 is 1.52 bits per heavy atom. The number of hydrogen-bond acceptors (Lipinski definition) is 3. The van der Waals surface area contributed by atoms with Crippen molar-refractivity contribution in [1.29, 1.82) is 0 Å².